The van der Waals surface area contributed by atoms with Gasteiger partial charge in [0.2, 0.25) is 15.0 Å². The highest BCUT2D eigenvalue weighted by Gasteiger charge is 2.35. The molecule has 0 aliphatic heterocycles. The van der Waals surface area contributed by atoms with Crippen LogP contribution in [0.2, 0.25) is 0 Å². The Morgan fingerprint density at radius 1 is 0.812 bits per heavy atom. The van der Waals surface area contributed by atoms with Crippen molar-refractivity contribution in [3.63, 3.8) is 0 Å². The van der Waals surface area contributed by atoms with Crippen molar-refractivity contribution in [1.82, 2.24) is 14.5 Å². The van der Waals surface area contributed by atoms with Crippen LogP contribution in [0.4, 0.5) is 13.2 Å². The molecule has 0 fully saturated rings. The molecule has 5 rings (SSSR count). The molecule has 3 aromatic carbocycles. The van der Waals surface area contributed by atoms with Crippen molar-refractivity contribution >= 4 is 9.84 Å². The van der Waals surface area contributed by atoms with E-state index in [1.165, 1.54) is 37.1 Å². The van der Waals surface area contributed by atoms with Gasteiger partial charge in [0.15, 0.2) is 11.5 Å². The number of hydrogen-bond acceptors (Lipinski definition) is 8. The van der Waals surface area contributed by atoms with Gasteiger partial charge >= 0.3 is 6.18 Å². The van der Waals surface area contributed by atoms with Gasteiger partial charge in [-0.2, -0.15) is 13.2 Å². The molecular weight excluding hydrogens is 647 g/mol. The zero-order valence-corrected chi connectivity index (χ0v) is 26.9. The fraction of sp³-hybridized carbons (Fsp3) is 0.229. The van der Waals surface area contributed by atoms with Crippen LogP contribution in [-0.4, -0.2) is 42.9 Å². The highest BCUT2D eigenvalue weighted by Crippen LogP contribution is 2.32. The third-order valence-electron chi connectivity index (χ3n) is 7.47. The number of rotatable bonds is 13. The molecule has 0 bridgehead atoms. The number of halogens is 3. The van der Waals surface area contributed by atoms with Crippen LogP contribution in [0.15, 0.2) is 113 Å². The molecule has 0 amide bonds. The molecule has 13 heteroatoms. The van der Waals surface area contributed by atoms with E-state index >= 15 is 0 Å². The van der Waals surface area contributed by atoms with Crippen molar-refractivity contribution in [2.45, 2.75) is 37.0 Å². The number of hydrogen-bond donors (Lipinski definition) is 0. The number of ether oxygens (including phenoxy) is 3. The van der Waals surface area contributed by atoms with Crippen LogP contribution < -0.4 is 15.0 Å². The lowest BCUT2D eigenvalue weighted by molar-refractivity contribution is -0.141. The summed E-state index contributed by atoms with van der Waals surface area (Å²) in [5, 5.41) is -0.972. The molecule has 2 aromatic heterocycles. The third kappa shape index (κ3) is 8.47. The first kappa shape index (κ1) is 34.3. The maximum absolute atomic E-state index is 14.0. The fourth-order valence-electron chi connectivity index (χ4n) is 4.98. The molecule has 5 aromatic rings. The van der Waals surface area contributed by atoms with Crippen LogP contribution in [0.5, 0.6) is 11.5 Å². The van der Waals surface area contributed by atoms with Crippen molar-refractivity contribution in [3.8, 4) is 22.8 Å². The predicted octanol–water partition coefficient (Wildman–Crippen LogP) is 6.51. The zero-order valence-electron chi connectivity index (χ0n) is 26.1. The van der Waals surface area contributed by atoms with Crippen molar-refractivity contribution in [3.05, 3.63) is 136 Å². The van der Waals surface area contributed by atoms with E-state index in [4.69, 9.17) is 14.2 Å². The smallest absolute Gasteiger partial charge is 0.433 e. The fourth-order valence-corrected chi connectivity index (χ4v) is 6.16. The number of nitrogens with zero attached hydrogens (tertiary/aromatic N) is 3. The first-order chi connectivity index (χ1) is 23.0. The number of methoxy groups -OCH3 is 2. The van der Waals surface area contributed by atoms with E-state index in [9.17, 15) is 26.4 Å². The molecule has 0 saturated carbocycles. The lowest BCUT2D eigenvalue weighted by Crippen LogP contribution is -2.20. The van der Waals surface area contributed by atoms with Gasteiger partial charge in [-0.05, 0) is 47.4 Å². The van der Waals surface area contributed by atoms with Crippen LogP contribution in [0.3, 0.4) is 0 Å². The first-order valence-electron chi connectivity index (χ1n) is 14.8. The minimum Gasteiger partial charge on any atom is -0.493 e. The van der Waals surface area contributed by atoms with Gasteiger partial charge in [-0.15, -0.1) is 0 Å². The second-order valence-electron chi connectivity index (χ2n) is 10.8. The Hall–Kier alpha value is -5.01. The quantitative estimate of drug-likeness (QED) is 0.130. The van der Waals surface area contributed by atoms with Gasteiger partial charge in [-0.1, -0.05) is 66.7 Å². The van der Waals surface area contributed by atoms with Crippen molar-refractivity contribution in [1.29, 1.82) is 0 Å². The third-order valence-corrected chi connectivity index (χ3v) is 8.98. The molecule has 250 valence electrons. The van der Waals surface area contributed by atoms with Gasteiger partial charge in [0, 0.05) is 17.8 Å². The summed E-state index contributed by atoms with van der Waals surface area (Å²) < 4.78 is 87.1. The summed E-state index contributed by atoms with van der Waals surface area (Å²) in [6, 6.07) is 26.4. The van der Waals surface area contributed by atoms with Crippen LogP contribution in [0, 0.1) is 0 Å². The SMILES string of the molecule is COc1ccc(Cn2cc(-c3cc(C(F)(F)F)nc(S(=O)(=O)CCC(OCc4ccccc4)c4ccccc4)n3)ccc2=O)cc1OC. The Morgan fingerprint density at radius 3 is 2.17 bits per heavy atom. The number of aromatic nitrogens is 3. The van der Waals surface area contributed by atoms with Gasteiger partial charge in [0.05, 0.1) is 44.9 Å². The summed E-state index contributed by atoms with van der Waals surface area (Å²) in [6.07, 6.45) is -4.39. The molecule has 2 heterocycles. The van der Waals surface area contributed by atoms with Gasteiger partial charge < -0.3 is 18.8 Å². The molecule has 1 unspecified atom stereocenters. The average Bonchev–Trinajstić information content (AvgIpc) is 3.09. The molecule has 0 aliphatic carbocycles. The lowest BCUT2D eigenvalue weighted by Gasteiger charge is -2.19. The average molecular weight is 680 g/mol. The van der Waals surface area contributed by atoms with Gasteiger partial charge in [0.1, 0.15) is 5.69 Å². The predicted molar refractivity (Wildman–Crippen MR) is 172 cm³/mol. The Kier molecular flexibility index (Phi) is 10.6. The summed E-state index contributed by atoms with van der Waals surface area (Å²) in [4.78, 5) is 20.2. The number of alkyl halides is 3. The minimum absolute atomic E-state index is 0.0409. The van der Waals surface area contributed by atoms with Crippen LogP contribution in [-0.2, 0) is 33.9 Å². The molecule has 0 N–H and O–H groups in total. The highest BCUT2D eigenvalue weighted by atomic mass is 32.2. The number of pyridine rings is 1. The van der Waals surface area contributed by atoms with Gasteiger partial charge in [-0.25, -0.2) is 18.4 Å². The maximum atomic E-state index is 14.0. The highest BCUT2D eigenvalue weighted by molar-refractivity contribution is 7.91. The second-order valence-corrected chi connectivity index (χ2v) is 12.8. The van der Waals surface area contributed by atoms with Gasteiger partial charge in [0.25, 0.3) is 5.56 Å². The van der Waals surface area contributed by atoms with Crippen molar-refractivity contribution in [2.75, 3.05) is 20.0 Å². The van der Waals surface area contributed by atoms with Crippen LogP contribution in [0.1, 0.15) is 34.9 Å². The molecule has 0 aliphatic rings. The maximum Gasteiger partial charge on any atom is 0.433 e. The Morgan fingerprint density at radius 2 is 1.50 bits per heavy atom. The van der Waals surface area contributed by atoms with Crippen LogP contribution in [0.25, 0.3) is 11.3 Å². The summed E-state index contributed by atoms with van der Waals surface area (Å²) >= 11 is 0. The molecule has 9 nitrogen and oxygen atoms in total. The minimum atomic E-state index is -4.97. The normalized spacial score (nSPS) is 12.4. The monoisotopic (exact) mass is 679 g/mol. The van der Waals surface area contributed by atoms with Gasteiger partial charge in [-0.3, -0.25) is 4.79 Å². The first-order valence-corrected chi connectivity index (χ1v) is 16.4. The lowest BCUT2D eigenvalue weighted by atomic mass is 10.1. The van der Waals surface area contributed by atoms with E-state index in [1.807, 2.05) is 36.4 Å². The Balaban J connectivity index is 1.45. The molecule has 1 atom stereocenters. The van der Waals surface area contributed by atoms with Crippen LogP contribution >= 0.6 is 0 Å². The number of sulfone groups is 1. The van der Waals surface area contributed by atoms with Crippen molar-refractivity contribution < 1.29 is 35.8 Å². The summed E-state index contributed by atoms with van der Waals surface area (Å²) in [6.45, 7) is 0.239. The van der Waals surface area contributed by atoms with Crippen molar-refractivity contribution in [2.24, 2.45) is 0 Å². The number of benzene rings is 3. The summed E-state index contributed by atoms with van der Waals surface area (Å²) in [5.41, 5.74) is 0.157. The zero-order chi connectivity index (χ0) is 34.3. The van der Waals surface area contributed by atoms with E-state index in [2.05, 4.69) is 9.97 Å². The van der Waals surface area contributed by atoms with E-state index < -0.39 is 44.3 Å². The molecule has 0 spiro atoms. The van der Waals surface area contributed by atoms with E-state index in [-0.39, 0.29) is 30.8 Å². The topological polar surface area (TPSA) is 110 Å². The van der Waals surface area contributed by atoms with E-state index in [0.29, 0.717) is 28.7 Å². The summed E-state index contributed by atoms with van der Waals surface area (Å²) in [5.74, 6) is 0.329. The Bertz CT molecular complexity index is 2020. The standard InChI is InChI=1S/C35H32F3N3O6S/c1-45-30-15-13-25(19-31(30)46-2)21-41-22-27(14-16-33(41)42)28-20-32(35(36,37)38)40-34(39-28)48(43,44)18-17-29(26-11-7-4-8-12-26)47-23-24-9-5-3-6-10-24/h3-16,19-20,22,29H,17-18,21,23H2,1-2H3. The summed E-state index contributed by atoms with van der Waals surface area (Å²) in [7, 11) is -1.49. The molecule has 48 heavy (non-hydrogen) atoms. The van der Waals surface area contributed by atoms with E-state index in [0.717, 1.165) is 5.56 Å². The second kappa shape index (κ2) is 14.8. The molecule has 0 saturated heterocycles. The largest absolute Gasteiger partial charge is 0.493 e. The van der Waals surface area contributed by atoms with E-state index in [1.54, 1.807) is 42.5 Å². The molecule has 0 radical (unpaired) electrons. The Labute approximate surface area is 275 Å². The molecular formula is C35H32F3N3O6S.